The zero-order valence-electron chi connectivity index (χ0n) is 11.1. The van der Waals surface area contributed by atoms with Crippen molar-refractivity contribution in [3.05, 3.63) is 35.4 Å². The van der Waals surface area contributed by atoms with Gasteiger partial charge in [0, 0.05) is 0 Å². The van der Waals surface area contributed by atoms with E-state index in [1.54, 1.807) is 12.1 Å². The number of hydrogen-bond donors (Lipinski definition) is 1. The zero-order chi connectivity index (χ0) is 14.0. The van der Waals surface area contributed by atoms with Gasteiger partial charge in [0.1, 0.15) is 0 Å². The van der Waals surface area contributed by atoms with Crippen LogP contribution in [0.4, 0.5) is 13.2 Å². The van der Waals surface area contributed by atoms with Crippen molar-refractivity contribution in [3.8, 4) is 0 Å². The van der Waals surface area contributed by atoms with Gasteiger partial charge in [0.05, 0.1) is 5.56 Å². The Labute approximate surface area is 112 Å². The van der Waals surface area contributed by atoms with Crippen LogP contribution in [0.5, 0.6) is 0 Å². The molecule has 0 saturated heterocycles. The Hall–Kier alpha value is -1.03. The smallest absolute Gasteiger partial charge is 0.330 e. The fourth-order valence-corrected chi connectivity index (χ4v) is 3.19. The Morgan fingerprint density at radius 2 is 1.89 bits per heavy atom. The summed E-state index contributed by atoms with van der Waals surface area (Å²) in [6.45, 7) is 2.57. The lowest BCUT2D eigenvalue weighted by atomic mass is 9.70. The third kappa shape index (κ3) is 3.11. The summed E-state index contributed by atoms with van der Waals surface area (Å²) < 4.78 is 39.3. The molecule has 2 rings (SSSR count). The zero-order valence-corrected chi connectivity index (χ0v) is 11.1. The van der Waals surface area contributed by atoms with Crippen LogP contribution in [0.2, 0.25) is 0 Å². The SMILES string of the molecule is CC1CCC(CN)C(c2ccccc2C(F)(F)F)C1. The second-order valence-electron chi connectivity index (χ2n) is 5.61. The Kier molecular flexibility index (Phi) is 4.19. The molecule has 3 atom stereocenters. The monoisotopic (exact) mass is 271 g/mol. The average Bonchev–Trinajstić information content (AvgIpc) is 2.37. The van der Waals surface area contributed by atoms with E-state index < -0.39 is 11.7 Å². The van der Waals surface area contributed by atoms with Crippen LogP contribution >= 0.6 is 0 Å². The van der Waals surface area contributed by atoms with E-state index in [0.29, 0.717) is 18.0 Å². The molecule has 106 valence electrons. The van der Waals surface area contributed by atoms with Crippen LogP contribution in [0, 0.1) is 11.8 Å². The Morgan fingerprint density at radius 1 is 1.21 bits per heavy atom. The summed E-state index contributed by atoms with van der Waals surface area (Å²) >= 11 is 0. The summed E-state index contributed by atoms with van der Waals surface area (Å²) in [7, 11) is 0. The quantitative estimate of drug-likeness (QED) is 0.857. The van der Waals surface area contributed by atoms with Crippen LogP contribution in [0.1, 0.15) is 43.2 Å². The lowest BCUT2D eigenvalue weighted by molar-refractivity contribution is -0.138. The molecule has 0 amide bonds. The molecule has 0 heterocycles. The Balaban J connectivity index is 2.39. The van der Waals surface area contributed by atoms with Crippen molar-refractivity contribution in [2.75, 3.05) is 6.54 Å². The third-order valence-corrected chi connectivity index (χ3v) is 4.22. The number of nitrogens with two attached hydrogens (primary N) is 1. The Bertz CT molecular complexity index is 428. The first kappa shape index (κ1) is 14.4. The molecular weight excluding hydrogens is 251 g/mol. The third-order valence-electron chi connectivity index (χ3n) is 4.22. The van der Waals surface area contributed by atoms with Crippen molar-refractivity contribution in [2.24, 2.45) is 17.6 Å². The summed E-state index contributed by atoms with van der Waals surface area (Å²) in [5.74, 6) is 0.570. The van der Waals surface area contributed by atoms with Gasteiger partial charge in [-0.05, 0) is 48.8 Å². The highest BCUT2D eigenvalue weighted by molar-refractivity contribution is 5.33. The maximum Gasteiger partial charge on any atom is 0.416 e. The second-order valence-corrected chi connectivity index (χ2v) is 5.61. The van der Waals surface area contributed by atoms with E-state index in [1.807, 2.05) is 0 Å². The van der Waals surface area contributed by atoms with Gasteiger partial charge in [-0.1, -0.05) is 31.5 Å². The maximum atomic E-state index is 13.1. The molecule has 2 N–H and O–H groups in total. The van der Waals surface area contributed by atoms with Crippen LogP contribution < -0.4 is 5.73 Å². The molecule has 0 bridgehead atoms. The molecule has 0 spiro atoms. The topological polar surface area (TPSA) is 26.0 Å². The highest BCUT2D eigenvalue weighted by atomic mass is 19.4. The summed E-state index contributed by atoms with van der Waals surface area (Å²) in [5.41, 5.74) is 5.69. The molecule has 4 heteroatoms. The fraction of sp³-hybridized carbons (Fsp3) is 0.600. The van der Waals surface area contributed by atoms with Crippen LogP contribution in [0.25, 0.3) is 0 Å². The van der Waals surface area contributed by atoms with Crippen LogP contribution in [-0.4, -0.2) is 6.54 Å². The van der Waals surface area contributed by atoms with Gasteiger partial charge < -0.3 is 5.73 Å². The number of halogens is 3. The molecule has 1 aromatic carbocycles. The van der Waals surface area contributed by atoms with Gasteiger partial charge in [-0.25, -0.2) is 0 Å². The number of hydrogen-bond acceptors (Lipinski definition) is 1. The predicted octanol–water partition coefficient (Wildman–Crippen LogP) is 4.18. The van der Waals surface area contributed by atoms with E-state index in [2.05, 4.69) is 6.92 Å². The molecule has 1 aromatic rings. The van der Waals surface area contributed by atoms with Gasteiger partial charge in [-0.3, -0.25) is 0 Å². The first-order chi connectivity index (χ1) is 8.93. The van der Waals surface area contributed by atoms with E-state index in [1.165, 1.54) is 12.1 Å². The number of benzene rings is 1. The van der Waals surface area contributed by atoms with Crippen LogP contribution in [0.3, 0.4) is 0 Å². The summed E-state index contributed by atoms with van der Waals surface area (Å²) in [6, 6.07) is 5.95. The first-order valence-corrected chi connectivity index (χ1v) is 6.79. The molecule has 0 aromatic heterocycles. The lowest BCUT2D eigenvalue weighted by Crippen LogP contribution is -2.29. The number of rotatable bonds is 2. The molecule has 1 nitrogen and oxygen atoms in total. The van der Waals surface area contributed by atoms with E-state index in [0.717, 1.165) is 19.3 Å². The minimum Gasteiger partial charge on any atom is -0.330 e. The molecule has 0 radical (unpaired) electrons. The normalized spacial score (nSPS) is 28.4. The standard InChI is InChI=1S/C15H20F3N/c1-10-6-7-11(9-19)13(8-10)12-4-2-3-5-14(12)15(16,17)18/h2-5,10-11,13H,6-9,19H2,1H3. The van der Waals surface area contributed by atoms with Crippen molar-refractivity contribution >= 4 is 0 Å². The van der Waals surface area contributed by atoms with E-state index in [-0.39, 0.29) is 11.8 Å². The molecule has 1 aliphatic rings. The lowest BCUT2D eigenvalue weighted by Gasteiger charge is -2.35. The summed E-state index contributed by atoms with van der Waals surface area (Å²) in [4.78, 5) is 0. The van der Waals surface area contributed by atoms with E-state index in [9.17, 15) is 13.2 Å². The largest absolute Gasteiger partial charge is 0.416 e. The highest BCUT2D eigenvalue weighted by Gasteiger charge is 2.38. The molecular formula is C15H20F3N. The predicted molar refractivity (Wildman–Crippen MR) is 69.7 cm³/mol. The summed E-state index contributed by atoms with van der Waals surface area (Å²) in [6.07, 6.45) is -1.49. The second kappa shape index (κ2) is 5.53. The van der Waals surface area contributed by atoms with Gasteiger partial charge in [0.2, 0.25) is 0 Å². The minimum absolute atomic E-state index is 0.0634. The van der Waals surface area contributed by atoms with Gasteiger partial charge >= 0.3 is 6.18 Å². The van der Waals surface area contributed by atoms with Crippen LogP contribution in [0.15, 0.2) is 24.3 Å². The maximum absolute atomic E-state index is 13.1. The summed E-state index contributed by atoms with van der Waals surface area (Å²) in [5, 5.41) is 0. The first-order valence-electron chi connectivity index (χ1n) is 6.79. The molecule has 3 unspecified atom stereocenters. The van der Waals surface area contributed by atoms with Crippen molar-refractivity contribution < 1.29 is 13.2 Å². The van der Waals surface area contributed by atoms with Crippen molar-refractivity contribution in [1.82, 2.24) is 0 Å². The Morgan fingerprint density at radius 3 is 2.53 bits per heavy atom. The van der Waals surface area contributed by atoms with E-state index >= 15 is 0 Å². The fourth-order valence-electron chi connectivity index (χ4n) is 3.19. The van der Waals surface area contributed by atoms with Gasteiger partial charge in [-0.15, -0.1) is 0 Å². The molecule has 1 aliphatic carbocycles. The molecule has 1 fully saturated rings. The van der Waals surface area contributed by atoms with Gasteiger partial charge in [-0.2, -0.15) is 13.2 Å². The number of alkyl halides is 3. The van der Waals surface area contributed by atoms with Gasteiger partial charge in [0.25, 0.3) is 0 Å². The van der Waals surface area contributed by atoms with Crippen LogP contribution in [-0.2, 0) is 6.18 Å². The molecule has 1 saturated carbocycles. The van der Waals surface area contributed by atoms with E-state index in [4.69, 9.17) is 5.73 Å². The minimum atomic E-state index is -4.28. The average molecular weight is 271 g/mol. The van der Waals surface area contributed by atoms with Crippen molar-refractivity contribution in [1.29, 1.82) is 0 Å². The molecule has 19 heavy (non-hydrogen) atoms. The van der Waals surface area contributed by atoms with Crippen molar-refractivity contribution in [3.63, 3.8) is 0 Å². The molecule has 0 aliphatic heterocycles. The highest BCUT2D eigenvalue weighted by Crippen LogP contribution is 2.44. The van der Waals surface area contributed by atoms with Crippen molar-refractivity contribution in [2.45, 2.75) is 38.3 Å². The van der Waals surface area contributed by atoms with Gasteiger partial charge in [0.15, 0.2) is 0 Å².